The molecule has 0 spiro atoms. The minimum atomic E-state index is -0.261. The molecule has 1 saturated heterocycles. The molecule has 0 atom stereocenters. The third-order valence-corrected chi connectivity index (χ3v) is 5.23. The van der Waals surface area contributed by atoms with E-state index in [-0.39, 0.29) is 36.6 Å². The number of piperazine rings is 1. The van der Waals surface area contributed by atoms with Crippen LogP contribution in [0.2, 0.25) is 0 Å². The van der Waals surface area contributed by atoms with Crippen molar-refractivity contribution in [1.29, 1.82) is 0 Å². The minimum absolute atomic E-state index is 0. The van der Waals surface area contributed by atoms with Gasteiger partial charge in [0.15, 0.2) is 0 Å². The number of rotatable bonds is 5. The molecule has 0 radical (unpaired) electrons. The highest BCUT2D eigenvalue weighted by atomic mass is 35.5. The molecule has 28 heavy (non-hydrogen) atoms. The highest BCUT2D eigenvalue weighted by Gasteiger charge is 2.20. The summed E-state index contributed by atoms with van der Waals surface area (Å²) in [6, 6.07) is 6.98. The smallest absolute Gasteiger partial charge is 0.275 e. The number of carbonyl (C=O) groups is 2. The van der Waals surface area contributed by atoms with Crippen LogP contribution in [0, 0.1) is 0 Å². The van der Waals surface area contributed by atoms with Gasteiger partial charge in [-0.3, -0.25) is 9.59 Å². The first-order chi connectivity index (χ1) is 12.6. The summed E-state index contributed by atoms with van der Waals surface area (Å²) in [5.41, 5.74) is 7.15. The minimum Gasteiger partial charge on any atom is -0.336 e. The largest absolute Gasteiger partial charge is 0.336 e. The first kappa shape index (κ1) is 24.3. The molecule has 1 aliphatic rings. The number of thiazole rings is 1. The highest BCUT2D eigenvalue weighted by molar-refractivity contribution is 7.09. The lowest BCUT2D eigenvalue weighted by atomic mass is 10.1. The molecule has 0 aliphatic carbocycles. The molecule has 2 heterocycles. The molecule has 2 aromatic rings. The average molecular weight is 446 g/mol. The number of amides is 2. The van der Waals surface area contributed by atoms with Gasteiger partial charge in [-0.25, -0.2) is 4.98 Å². The topological polar surface area (TPSA) is 91.6 Å². The van der Waals surface area contributed by atoms with Gasteiger partial charge in [0.25, 0.3) is 11.8 Å². The van der Waals surface area contributed by atoms with E-state index in [4.69, 9.17) is 5.73 Å². The third kappa shape index (κ3) is 6.15. The van der Waals surface area contributed by atoms with Crippen molar-refractivity contribution in [2.24, 2.45) is 5.73 Å². The lowest BCUT2D eigenvalue weighted by molar-refractivity contribution is 0.0664. The molecule has 7 nitrogen and oxygen atoms in total. The Hall–Kier alpha value is -1.71. The number of nitrogens with two attached hydrogens (primary N) is 1. The van der Waals surface area contributed by atoms with E-state index < -0.39 is 0 Å². The number of nitrogens with zero attached hydrogens (tertiary/aromatic N) is 3. The molecule has 1 aromatic carbocycles. The van der Waals surface area contributed by atoms with Crippen LogP contribution in [0.25, 0.3) is 0 Å². The number of benzene rings is 1. The summed E-state index contributed by atoms with van der Waals surface area (Å²) in [6.07, 6.45) is 0.668. The van der Waals surface area contributed by atoms with E-state index in [1.165, 1.54) is 11.3 Å². The predicted octanol–water partition coefficient (Wildman–Crippen LogP) is 2.13. The van der Waals surface area contributed by atoms with E-state index in [1.807, 2.05) is 4.90 Å². The molecule has 0 bridgehead atoms. The molecule has 1 fully saturated rings. The number of anilines is 1. The lowest BCUT2D eigenvalue weighted by Crippen LogP contribution is -2.47. The molecular weight excluding hydrogens is 421 g/mol. The van der Waals surface area contributed by atoms with E-state index in [0.717, 1.165) is 31.2 Å². The molecule has 1 aliphatic heterocycles. The van der Waals surface area contributed by atoms with Gasteiger partial charge >= 0.3 is 0 Å². The second kappa shape index (κ2) is 11.3. The van der Waals surface area contributed by atoms with Gasteiger partial charge in [-0.05, 0) is 37.9 Å². The summed E-state index contributed by atoms with van der Waals surface area (Å²) in [5.74, 6) is -0.232. The molecule has 154 valence electrons. The van der Waals surface area contributed by atoms with Crippen LogP contribution in [-0.2, 0) is 6.42 Å². The second-order valence-electron chi connectivity index (χ2n) is 6.29. The summed E-state index contributed by atoms with van der Waals surface area (Å²) < 4.78 is 0. The predicted molar refractivity (Wildman–Crippen MR) is 117 cm³/mol. The van der Waals surface area contributed by atoms with Crippen molar-refractivity contribution in [2.45, 2.75) is 6.42 Å². The van der Waals surface area contributed by atoms with Crippen molar-refractivity contribution in [1.82, 2.24) is 14.8 Å². The maximum absolute atomic E-state index is 12.5. The standard InChI is InChI=1S/C18H23N5O2S.2ClH/c1-22-8-10-23(11-9-22)18(25)13-2-4-14(5-3-13)20-17(24)15-12-26-16(21-15)6-7-19;;/h2-5,12H,6-11,19H2,1H3,(H,20,24);2*1H. The fourth-order valence-corrected chi connectivity index (χ4v) is 3.53. The molecule has 3 rings (SSSR count). The van der Waals surface area contributed by atoms with Gasteiger partial charge < -0.3 is 20.9 Å². The summed E-state index contributed by atoms with van der Waals surface area (Å²) in [4.78, 5) is 33.1. The van der Waals surface area contributed by atoms with Crippen molar-refractivity contribution in [3.8, 4) is 0 Å². The van der Waals surface area contributed by atoms with Crippen molar-refractivity contribution in [2.75, 3.05) is 45.1 Å². The molecule has 2 amide bonds. The maximum atomic E-state index is 12.5. The molecule has 1 aromatic heterocycles. The molecule has 0 unspecified atom stereocenters. The normalized spacial score (nSPS) is 14.0. The Balaban J connectivity index is 0.00000196. The SMILES string of the molecule is CN1CCN(C(=O)c2ccc(NC(=O)c3csc(CCN)n3)cc2)CC1.Cl.Cl. The monoisotopic (exact) mass is 445 g/mol. The van der Waals surface area contributed by atoms with Crippen LogP contribution in [0.3, 0.4) is 0 Å². The van der Waals surface area contributed by atoms with Gasteiger partial charge in [0, 0.05) is 49.2 Å². The van der Waals surface area contributed by atoms with Crippen LogP contribution < -0.4 is 11.1 Å². The van der Waals surface area contributed by atoms with Crippen LogP contribution in [0.4, 0.5) is 5.69 Å². The zero-order valence-electron chi connectivity index (χ0n) is 15.6. The second-order valence-corrected chi connectivity index (χ2v) is 7.23. The Labute approximate surface area is 181 Å². The van der Waals surface area contributed by atoms with Crippen LogP contribution in [0.1, 0.15) is 25.9 Å². The molecular formula is C18H25Cl2N5O2S. The third-order valence-electron chi connectivity index (χ3n) is 4.32. The molecule has 0 saturated carbocycles. The Bertz CT molecular complexity index is 777. The van der Waals surface area contributed by atoms with Gasteiger partial charge in [0.1, 0.15) is 5.69 Å². The van der Waals surface area contributed by atoms with Gasteiger partial charge in [-0.2, -0.15) is 0 Å². The highest BCUT2D eigenvalue weighted by Crippen LogP contribution is 2.15. The van der Waals surface area contributed by atoms with Gasteiger partial charge in [0.05, 0.1) is 5.01 Å². The summed E-state index contributed by atoms with van der Waals surface area (Å²) in [5, 5.41) is 5.39. The summed E-state index contributed by atoms with van der Waals surface area (Å²) in [6.45, 7) is 3.77. The van der Waals surface area contributed by atoms with Crippen molar-refractivity contribution < 1.29 is 9.59 Å². The van der Waals surface area contributed by atoms with Gasteiger partial charge in [-0.1, -0.05) is 0 Å². The number of hydrogen-bond donors (Lipinski definition) is 2. The molecule has 3 N–H and O–H groups in total. The summed E-state index contributed by atoms with van der Waals surface area (Å²) >= 11 is 1.43. The number of likely N-dealkylation sites (N-methyl/N-ethyl adjacent to an activating group) is 1. The van der Waals surface area contributed by atoms with Crippen LogP contribution in [0.5, 0.6) is 0 Å². The van der Waals surface area contributed by atoms with Crippen LogP contribution in [0.15, 0.2) is 29.6 Å². The Morgan fingerprint density at radius 1 is 1.14 bits per heavy atom. The van der Waals surface area contributed by atoms with E-state index in [9.17, 15) is 9.59 Å². The van der Waals surface area contributed by atoms with Crippen LogP contribution >= 0.6 is 36.2 Å². The first-order valence-electron chi connectivity index (χ1n) is 8.60. The Kier molecular flexibility index (Phi) is 9.84. The number of hydrogen-bond acceptors (Lipinski definition) is 6. The number of nitrogens with one attached hydrogen (secondary N) is 1. The quantitative estimate of drug-likeness (QED) is 0.735. The van der Waals surface area contributed by atoms with E-state index in [2.05, 4.69) is 22.2 Å². The van der Waals surface area contributed by atoms with Crippen molar-refractivity contribution in [3.05, 3.63) is 45.9 Å². The van der Waals surface area contributed by atoms with E-state index >= 15 is 0 Å². The van der Waals surface area contributed by atoms with Gasteiger partial charge in [-0.15, -0.1) is 36.2 Å². The zero-order valence-corrected chi connectivity index (χ0v) is 18.0. The van der Waals surface area contributed by atoms with Crippen molar-refractivity contribution >= 4 is 53.7 Å². The maximum Gasteiger partial charge on any atom is 0.275 e. The number of halogens is 2. The fourth-order valence-electron chi connectivity index (χ4n) is 2.74. The number of aromatic nitrogens is 1. The van der Waals surface area contributed by atoms with E-state index in [0.29, 0.717) is 29.9 Å². The van der Waals surface area contributed by atoms with E-state index in [1.54, 1.807) is 29.6 Å². The zero-order chi connectivity index (χ0) is 18.5. The Morgan fingerprint density at radius 3 is 2.39 bits per heavy atom. The van der Waals surface area contributed by atoms with Crippen molar-refractivity contribution in [3.63, 3.8) is 0 Å². The lowest BCUT2D eigenvalue weighted by Gasteiger charge is -2.32. The molecule has 10 heteroatoms. The Morgan fingerprint density at radius 2 is 1.79 bits per heavy atom. The fraction of sp³-hybridized carbons (Fsp3) is 0.389. The first-order valence-corrected chi connectivity index (χ1v) is 9.48. The average Bonchev–Trinajstić information content (AvgIpc) is 3.12. The number of carbonyl (C=O) groups excluding carboxylic acids is 2. The van der Waals surface area contributed by atoms with Crippen LogP contribution in [-0.4, -0.2) is 66.4 Å². The van der Waals surface area contributed by atoms with Gasteiger partial charge in [0.2, 0.25) is 0 Å². The summed E-state index contributed by atoms with van der Waals surface area (Å²) in [7, 11) is 2.06.